The number of carbonyl (C=O) groups excluding carboxylic acids is 2. The summed E-state index contributed by atoms with van der Waals surface area (Å²) in [6.07, 6.45) is 44.2. The first-order valence-electron chi connectivity index (χ1n) is 18.8. The lowest BCUT2D eigenvalue weighted by Crippen LogP contribution is -2.12. The van der Waals surface area contributed by atoms with Crippen LogP contribution in [0, 0.1) is 0 Å². The van der Waals surface area contributed by atoms with Crippen LogP contribution >= 0.6 is 0 Å². The number of ether oxygens (including phenoxy) is 2. The van der Waals surface area contributed by atoms with E-state index < -0.39 is 0 Å². The van der Waals surface area contributed by atoms with E-state index in [-0.39, 0.29) is 11.9 Å². The first-order valence-corrected chi connectivity index (χ1v) is 18.8. The van der Waals surface area contributed by atoms with Crippen molar-refractivity contribution in [3.63, 3.8) is 0 Å². The van der Waals surface area contributed by atoms with Crippen molar-refractivity contribution in [2.45, 2.75) is 168 Å². The molecule has 0 saturated heterocycles. The fourth-order valence-electron chi connectivity index (χ4n) is 5.13. The quantitative estimate of drug-likeness (QED) is 0.0366. The Morgan fingerprint density at radius 3 is 1.15 bits per heavy atom. The van der Waals surface area contributed by atoms with E-state index in [0.717, 1.165) is 64.2 Å². The summed E-state index contributed by atoms with van der Waals surface area (Å²) in [6.45, 7) is 4.48. The Labute approximate surface area is 282 Å². The summed E-state index contributed by atoms with van der Waals surface area (Å²) < 4.78 is 11.1. The number of allylic oxidation sites excluding steroid dienone is 8. The van der Waals surface area contributed by atoms with Crippen molar-refractivity contribution in [1.29, 1.82) is 0 Å². The van der Waals surface area contributed by atoms with E-state index in [1.165, 1.54) is 77.0 Å². The Kier molecular flexibility index (Phi) is 28.7. The molecule has 1 rings (SSSR count). The zero-order valence-electron chi connectivity index (χ0n) is 29.5. The molecular formula is C42H66O4. The number of hydrogen-bond donors (Lipinski definition) is 0. The highest BCUT2D eigenvalue weighted by atomic mass is 16.6. The zero-order chi connectivity index (χ0) is 33.2. The Bertz CT molecular complexity index is 908. The summed E-state index contributed by atoms with van der Waals surface area (Å²) >= 11 is 0. The van der Waals surface area contributed by atoms with Gasteiger partial charge in [-0.05, 0) is 89.2 Å². The molecule has 0 aliphatic carbocycles. The molecule has 4 heteroatoms. The fourth-order valence-corrected chi connectivity index (χ4v) is 5.13. The van der Waals surface area contributed by atoms with Crippen LogP contribution in [0.25, 0.3) is 0 Å². The fraction of sp³-hybridized carbons (Fsp3) is 0.619. The van der Waals surface area contributed by atoms with Gasteiger partial charge in [-0.25, -0.2) is 0 Å². The predicted octanol–water partition coefficient (Wildman–Crippen LogP) is 13.1. The molecule has 0 aliphatic heterocycles. The van der Waals surface area contributed by atoms with Gasteiger partial charge in [0, 0.05) is 12.8 Å². The van der Waals surface area contributed by atoms with Gasteiger partial charge in [0.05, 0.1) is 0 Å². The van der Waals surface area contributed by atoms with Gasteiger partial charge in [-0.2, -0.15) is 0 Å². The van der Waals surface area contributed by atoms with Crippen LogP contribution in [0.5, 0.6) is 11.5 Å². The normalized spacial score (nSPS) is 11.9. The maximum atomic E-state index is 12.4. The van der Waals surface area contributed by atoms with E-state index in [1.807, 2.05) is 0 Å². The third kappa shape index (κ3) is 26.3. The van der Waals surface area contributed by atoms with Gasteiger partial charge in [-0.15, -0.1) is 0 Å². The lowest BCUT2D eigenvalue weighted by Gasteiger charge is -2.10. The standard InChI is InChI=1S/C42H66O4/c1-3-5-7-9-11-13-15-17-19-21-23-25-27-29-31-37-41(43)45-39-35-33-34-36-40(39)46-42(44)38-32-30-28-26-24-22-20-18-16-14-12-10-8-6-4-2/h11-14,17-20,33-36H,3-10,15-16,21-32,37-38H2,1-2H3/b13-11-,14-12-,19-17-,20-18-. The zero-order valence-corrected chi connectivity index (χ0v) is 29.5. The van der Waals surface area contributed by atoms with Crippen molar-refractivity contribution in [1.82, 2.24) is 0 Å². The Morgan fingerprint density at radius 2 is 0.783 bits per heavy atom. The van der Waals surface area contributed by atoms with Crippen LogP contribution in [0.1, 0.15) is 168 Å². The molecule has 258 valence electrons. The molecule has 0 spiro atoms. The summed E-state index contributed by atoms with van der Waals surface area (Å²) in [6, 6.07) is 6.96. The maximum absolute atomic E-state index is 12.4. The van der Waals surface area contributed by atoms with Crippen molar-refractivity contribution < 1.29 is 19.1 Å². The molecular weight excluding hydrogens is 568 g/mol. The molecule has 1 aromatic rings. The maximum Gasteiger partial charge on any atom is 0.311 e. The van der Waals surface area contributed by atoms with Gasteiger partial charge < -0.3 is 9.47 Å². The SMILES string of the molecule is CCCCC/C=C\C/C=C\CCCCCCCC(=O)Oc1ccccc1OC(=O)CCCCCCC/C=C\C/C=C\CCCCC. The molecule has 0 atom stereocenters. The van der Waals surface area contributed by atoms with Gasteiger partial charge in [0.15, 0.2) is 11.5 Å². The lowest BCUT2D eigenvalue weighted by atomic mass is 10.1. The van der Waals surface area contributed by atoms with Crippen LogP contribution in [0.15, 0.2) is 72.9 Å². The summed E-state index contributed by atoms with van der Waals surface area (Å²) in [5, 5.41) is 0. The number of hydrogen-bond acceptors (Lipinski definition) is 4. The van der Waals surface area contributed by atoms with E-state index >= 15 is 0 Å². The third-order valence-corrected chi connectivity index (χ3v) is 7.96. The molecule has 0 radical (unpaired) electrons. The van der Waals surface area contributed by atoms with Gasteiger partial charge in [0.2, 0.25) is 0 Å². The molecule has 4 nitrogen and oxygen atoms in total. The minimum atomic E-state index is -0.275. The number of para-hydroxylation sites is 2. The van der Waals surface area contributed by atoms with Gasteiger partial charge in [-0.1, -0.05) is 139 Å². The molecule has 0 bridgehead atoms. The second-order valence-electron chi connectivity index (χ2n) is 12.4. The molecule has 1 aromatic carbocycles. The molecule has 46 heavy (non-hydrogen) atoms. The summed E-state index contributed by atoms with van der Waals surface area (Å²) in [7, 11) is 0. The Balaban J connectivity index is 2.09. The van der Waals surface area contributed by atoms with E-state index in [1.54, 1.807) is 24.3 Å². The highest BCUT2D eigenvalue weighted by Crippen LogP contribution is 2.27. The predicted molar refractivity (Wildman–Crippen MR) is 196 cm³/mol. The minimum absolute atomic E-state index is 0.275. The van der Waals surface area contributed by atoms with E-state index in [9.17, 15) is 9.59 Å². The van der Waals surface area contributed by atoms with Crippen molar-refractivity contribution in [3.8, 4) is 11.5 Å². The number of esters is 2. The van der Waals surface area contributed by atoms with E-state index in [4.69, 9.17) is 9.47 Å². The topological polar surface area (TPSA) is 52.6 Å². The first kappa shape index (κ1) is 41.1. The van der Waals surface area contributed by atoms with Gasteiger partial charge in [0.1, 0.15) is 0 Å². The second kappa shape index (κ2) is 32.1. The van der Waals surface area contributed by atoms with Gasteiger partial charge in [-0.3, -0.25) is 9.59 Å². The summed E-state index contributed by atoms with van der Waals surface area (Å²) in [5.74, 6) is 0.0951. The monoisotopic (exact) mass is 634 g/mol. The van der Waals surface area contributed by atoms with Crippen LogP contribution in [-0.4, -0.2) is 11.9 Å². The molecule has 0 fully saturated rings. The Morgan fingerprint density at radius 1 is 0.457 bits per heavy atom. The van der Waals surface area contributed by atoms with E-state index in [2.05, 4.69) is 62.5 Å². The van der Waals surface area contributed by atoms with Crippen LogP contribution in [0.4, 0.5) is 0 Å². The van der Waals surface area contributed by atoms with Crippen LogP contribution in [0.2, 0.25) is 0 Å². The second-order valence-corrected chi connectivity index (χ2v) is 12.4. The number of carbonyl (C=O) groups is 2. The highest BCUT2D eigenvalue weighted by molar-refractivity contribution is 5.76. The average molecular weight is 635 g/mol. The number of benzene rings is 1. The summed E-state index contributed by atoms with van der Waals surface area (Å²) in [4.78, 5) is 24.9. The Hall–Kier alpha value is -2.88. The molecule has 0 heterocycles. The first-order chi connectivity index (χ1) is 22.7. The van der Waals surface area contributed by atoms with Crippen molar-refractivity contribution >= 4 is 11.9 Å². The van der Waals surface area contributed by atoms with Crippen molar-refractivity contribution in [3.05, 3.63) is 72.9 Å². The number of unbranched alkanes of at least 4 members (excludes halogenated alkanes) is 16. The smallest absolute Gasteiger partial charge is 0.311 e. The van der Waals surface area contributed by atoms with Crippen molar-refractivity contribution in [2.24, 2.45) is 0 Å². The van der Waals surface area contributed by atoms with Crippen LogP contribution in [0.3, 0.4) is 0 Å². The van der Waals surface area contributed by atoms with E-state index in [0.29, 0.717) is 24.3 Å². The minimum Gasteiger partial charge on any atom is -0.423 e. The van der Waals surface area contributed by atoms with Gasteiger partial charge >= 0.3 is 11.9 Å². The molecule has 0 aromatic heterocycles. The molecule has 0 amide bonds. The average Bonchev–Trinajstić information content (AvgIpc) is 3.05. The number of rotatable bonds is 30. The van der Waals surface area contributed by atoms with Crippen LogP contribution in [-0.2, 0) is 9.59 Å². The highest BCUT2D eigenvalue weighted by Gasteiger charge is 2.13. The largest absolute Gasteiger partial charge is 0.423 e. The third-order valence-electron chi connectivity index (χ3n) is 7.96. The molecule has 0 saturated carbocycles. The molecule has 0 N–H and O–H groups in total. The van der Waals surface area contributed by atoms with Gasteiger partial charge in [0.25, 0.3) is 0 Å². The lowest BCUT2D eigenvalue weighted by molar-refractivity contribution is -0.137. The molecule has 0 aliphatic rings. The summed E-state index contributed by atoms with van der Waals surface area (Å²) in [5.41, 5.74) is 0. The molecule has 0 unspecified atom stereocenters. The van der Waals surface area contributed by atoms with Crippen LogP contribution < -0.4 is 9.47 Å². The van der Waals surface area contributed by atoms with Crippen molar-refractivity contribution in [2.75, 3.05) is 0 Å².